The monoisotopic (exact) mass is 162 g/mol. The Kier molecular flexibility index (Phi) is 30.6. The Labute approximate surface area is 107 Å². The van der Waals surface area contributed by atoms with Crippen molar-refractivity contribution in [3.05, 3.63) is 0 Å². The first-order valence-electron chi connectivity index (χ1n) is 3.08. The molecule has 10 heavy (non-hydrogen) atoms. The van der Waals surface area contributed by atoms with Crippen LogP contribution in [0.1, 0.15) is 25.7 Å². The first kappa shape index (κ1) is 17.9. The van der Waals surface area contributed by atoms with Crippen molar-refractivity contribution in [1.82, 2.24) is 0 Å². The fourth-order valence-electron chi connectivity index (χ4n) is 0.558. The molecule has 0 saturated carbocycles. The maximum atomic E-state index is 9.81. The topological polar surface area (TPSA) is 46.1 Å². The van der Waals surface area contributed by atoms with E-state index in [2.05, 4.69) is 0 Å². The molecule has 0 heterocycles. The van der Waals surface area contributed by atoms with Crippen molar-refractivity contribution in [1.29, 1.82) is 0 Å². The first-order valence-corrected chi connectivity index (χ1v) is 3.08. The van der Waals surface area contributed by atoms with Gasteiger partial charge >= 0.3 is 59.1 Å². The minimum Gasteiger partial charge on any atom is -0.854 e. The van der Waals surface area contributed by atoms with Gasteiger partial charge in [0.25, 0.3) is 0 Å². The zero-order chi connectivity index (χ0) is 6.24. The van der Waals surface area contributed by atoms with Gasteiger partial charge in [-0.2, -0.15) is 0 Å². The van der Waals surface area contributed by atoms with E-state index in [1.165, 1.54) is 0 Å². The average molecular weight is 162 g/mol. The molecule has 0 aromatic carbocycles. The molecule has 0 aromatic heterocycles. The number of rotatable bonds is 5. The molecule has 0 amide bonds. The van der Waals surface area contributed by atoms with Gasteiger partial charge in [0.15, 0.2) is 0 Å². The third-order valence-electron chi connectivity index (χ3n) is 1.04. The largest absolute Gasteiger partial charge is 1.00 e. The second kappa shape index (κ2) is 17.1. The van der Waals surface area contributed by atoms with Crippen molar-refractivity contribution in [2.75, 3.05) is 13.2 Å². The standard InChI is InChI=1S/C6H12O2.2Na/c7-5-3-1-2-4-6-8;;/h1-6H2;;/q-2;2*+1. The smallest absolute Gasteiger partial charge is 0.854 e. The van der Waals surface area contributed by atoms with Crippen LogP contribution in [0.15, 0.2) is 0 Å². The minimum absolute atomic E-state index is 0. The Morgan fingerprint density at radius 2 is 0.900 bits per heavy atom. The summed E-state index contributed by atoms with van der Waals surface area (Å²) < 4.78 is 0. The summed E-state index contributed by atoms with van der Waals surface area (Å²) in [6.07, 6.45) is 3.34. The van der Waals surface area contributed by atoms with Gasteiger partial charge in [0, 0.05) is 0 Å². The third kappa shape index (κ3) is 16.5. The molecule has 0 saturated heterocycles. The van der Waals surface area contributed by atoms with Crippen LogP contribution in [0, 0.1) is 0 Å². The van der Waals surface area contributed by atoms with Crippen LogP contribution in [0.25, 0.3) is 0 Å². The molecule has 0 spiro atoms. The van der Waals surface area contributed by atoms with Crippen LogP contribution in [0.5, 0.6) is 0 Å². The van der Waals surface area contributed by atoms with E-state index >= 15 is 0 Å². The minimum atomic E-state index is 0. The quantitative estimate of drug-likeness (QED) is 0.298. The maximum Gasteiger partial charge on any atom is 1.00 e. The number of hydrogen-bond acceptors (Lipinski definition) is 2. The first-order chi connectivity index (χ1) is 3.91. The van der Waals surface area contributed by atoms with Crippen molar-refractivity contribution in [3.63, 3.8) is 0 Å². The molecule has 0 aliphatic heterocycles. The summed E-state index contributed by atoms with van der Waals surface area (Å²) in [7, 11) is 0. The SMILES string of the molecule is [Na+].[Na+].[O-]CCCCCC[O-]. The average Bonchev–Trinajstić information content (AvgIpc) is 1.81. The molecule has 2 nitrogen and oxygen atoms in total. The Hall–Kier alpha value is 1.92. The second-order valence-electron chi connectivity index (χ2n) is 1.82. The zero-order valence-corrected chi connectivity index (χ0v) is 11.1. The summed E-state index contributed by atoms with van der Waals surface area (Å²) in [6, 6.07) is 0. The van der Waals surface area contributed by atoms with Crippen molar-refractivity contribution >= 4 is 0 Å². The maximum absolute atomic E-state index is 9.81. The van der Waals surface area contributed by atoms with Crippen molar-refractivity contribution in [3.8, 4) is 0 Å². The molecule has 0 atom stereocenters. The summed E-state index contributed by atoms with van der Waals surface area (Å²) >= 11 is 0. The van der Waals surface area contributed by atoms with Gasteiger partial charge < -0.3 is 10.2 Å². The van der Waals surface area contributed by atoms with Gasteiger partial charge in [-0.15, -0.1) is 13.2 Å². The molecule has 0 aliphatic carbocycles. The van der Waals surface area contributed by atoms with Gasteiger partial charge in [-0.3, -0.25) is 0 Å². The summed E-state index contributed by atoms with van der Waals surface area (Å²) in [5.41, 5.74) is 0. The van der Waals surface area contributed by atoms with Crippen LogP contribution in [0.2, 0.25) is 0 Å². The summed E-state index contributed by atoms with van der Waals surface area (Å²) in [5.74, 6) is 0. The Morgan fingerprint density at radius 3 is 1.10 bits per heavy atom. The van der Waals surface area contributed by atoms with E-state index in [0.29, 0.717) is 0 Å². The van der Waals surface area contributed by atoms with Crippen LogP contribution in [-0.2, 0) is 0 Å². The van der Waals surface area contributed by atoms with Crippen LogP contribution in [0.4, 0.5) is 0 Å². The molecule has 4 heteroatoms. The number of hydrogen-bond donors (Lipinski definition) is 0. The van der Waals surface area contributed by atoms with Crippen LogP contribution in [-0.4, -0.2) is 13.2 Å². The fourth-order valence-corrected chi connectivity index (χ4v) is 0.558. The van der Waals surface area contributed by atoms with Crippen LogP contribution in [0.3, 0.4) is 0 Å². The van der Waals surface area contributed by atoms with E-state index in [1.54, 1.807) is 0 Å². The van der Waals surface area contributed by atoms with E-state index in [1.807, 2.05) is 0 Å². The predicted molar refractivity (Wildman–Crippen MR) is 28.2 cm³/mol. The zero-order valence-electron chi connectivity index (χ0n) is 7.06. The van der Waals surface area contributed by atoms with E-state index < -0.39 is 0 Å². The van der Waals surface area contributed by atoms with Gasteiger partial charge in [0.2, 0.25) is 0 Å². The second-order valence-corrected chi connectivity index (χ2v) is 1.82. The fraction of sp³-hybridized carbons (Fsp3) is 1.00. The Bertz CT molecular complexity index is 38.7. The van der Waals surface area contributed by atoms with E-state index in [-0.39, 0.29) is 72.3 Å². The molecule has 0 radical (unpaired) electrons. The molecular weight excluding hydrogens is 150 g/mol. The molecule has 0 aromatic rings. The van der Waals surface area contributed by atoms with Gasteiger partial charge in [-0.25, -0.2) is 0 Å². The number of unbranched alkanes of at least 4 members (excludes halogenated alkanes) is 3. The third-order valence-corrected chi connectivity index (χ3v) is 1.04. The van der Waals surface area contributed by atoms with E-state index in [9.17, 15) is 10.2 Å². The van der Waals surface area contributed by atoms with Crippen LogP contribution >= 0.6 is 0 Å². The Morgan fingerprint density at radius 1 is 0.600 bits per heavy atom. The van der Waals surface area contributed by atoms with E-state index in [0.717, 1.165) is 25.7 Å². The molecule has 0 bridgehead atoms. The molecule has 0 fully saturated rings. The summed E-state index contributed by atoms with van der Waals surface area (Å²) in [5, 5.41) is 19.6. The van der Waals surface area contributed by atoms with Crippen LogP contribution < -0.4 is 69.3 Å². The molecular formula is C6H12Na2O2. The van der Waals surface area contributed by atoms with Crippen molar-refractivity contribution in [2.45, 2.75) is 25.7 Å². The van der Waals surface area contributed by atoms with Gasteiger partial charge in [0.05, 0.1) is 0 Å². The van der Waals surface area contributed by atoms with Gasteiger partial charge in [-0.05, 0) is 0 Å². The molecule has 50 valence electrons. The normalized spacial score (nSPS) is 7.80. The predicted octanol–water partition coefficient (Wildman–Crippen LogP) is -6.72. The van der Waals surface area contributed by atoms with Crippen molar-refractivity contribution < 1.29 is 69.3 Å². The Balaban J connectivity index is -0.000000245. The van der Waals surface area contributed by atoms with Crippen molar-refractivity contribution in [2.24, 2.45) is 0 Å². The molecule has 0 rings (SSSR count). The summed E-state index contributed by atoms with van der Waals surface area (Å²) in [6.45, 7) is 0.0255. The van der Waals surface area contributed by atoms with Gasteiger partial charge in [0.1, 0.15) is 0 Å². The molecule has 0 aliphatic rings. The summed E-state index contributed by atoms with van der Waals surface area (Å²) in [4.78, 5) is 0. The van der Waals surface area contributed by atoms with Gasteiger partial charge in [-0.1, -0.05) is 25.7 Å². The molecule has 0 unspecified atom stereocenters. The molecule has 0 N–H and O–H groups in total. The van der Waals surface area contributed by atoms with E-state index in [4.69, 9.17) is 0 Å².